The van der Waals surface area contributed by atoms with Crippen LogP contribution in [0.3, 0.4) is 0 Å². The molecule has 0 saturated heterocycles. The van der Waals surface area contributed by atoms with Crippen molar-refractivity contribution in [2.24, 2.45) is 0 Å². The van der Waals surface area contributed by atoms with Crippen LogP contribution in [0.5, 0.6) is 23.0 Å². The Kier molecular flexibility index (Phi) is 4.92. The smallest absolute Gasteiger partial charge is 0.175 e. The lowest BCUT2D eigenvalue weighted by atomic mass is 9.70. The fourth-order valence-corrected chi connectivity index (χ4v) is 7.73. The molecule has 3 nitrogen and oxygen atoms in total. The van der Waals surface area contributed by atoms with Gasteiger partial charge in [-0.2, -0.15) is 0 Å². The number of pyridine rings is 1. The zero-order valence-electron chi connectivity index (χ0n) is 24.2. The van der Waals surface area contributed by atoms with Crippen molar-refractivity contribution in [2.45, 2.75) is 5.41 Å². The van der Waals surface area contributed by atoms with Gasteiger partial charge < -0.3 is 9.47 Å². The maximum Gasteiger partial charge on any atom is 0.175 e. The lowest BCUT2D eigenvalue weighted by Gasteiger charge is -2.33. The maximum atomic E-state index is 6.80. The molecule has 0 fully saturated rings. The molecular formula is C42H25NO2. The summed E-state index contributed by atoms with van der Waals surface area (Å²) in [6.07, 6.45) is 1.99. The molecule has 7 aromatic rings. The number of fused-ring (bicyclic) bond motifs is 13. The van der Waals surface area contributed by atoms with Gasteiger partial charge in [-0.3, -0.25) is 4.98 Å². The van der Waals surface area contributed by atoms with Gasteiger partial charge in [-0.1, -0.05) is 115 Å². The fourth-order valence-electron chi connectivity index (χ4n) is 7.73. The Balaban J connectivity index is 1.24. The SMILES string of the molecule is c1ccc(-c2ccc(-c3ccc4c(c3)C3(c5ccccc5-c5ccccc53)c3c-4ccc4c3Oc3ccccc3O4)cn2)cc1. The van der Waals surface area contributed by atoms with Gasteiger partial charge in [-0.25, -0.2) is 0 Å². The summed E-state index contributed by atoms with van der Waals surface area (Å²) in [6.45, 7) is 0. The first-order chi connectivity index (χ1) is 22.3. The van der Waals surface area contributed by atoms with Gasteiger partial charge in [0, 0.05) is 22.9 Å². The third kappa shape index (κ3) is 3.27. The van der Waals surface area contributed by atoms with E-state index in [2.05, 4.69) is 103 Å². The van der Waals surface area contributed by atoms with Gasteiger partial charge in [-0.05, 0) is 74.8 Å². The molecule has 0 unspecified atom stereocenters. The summed E-state index contributed by atoms with van der Waals surface area (Å²) in [5, 5.41) is 0. The largest absolute Gasteiger partial charge is 0.450 e. The van der Waals surface area contributed by atoms with E-state index >= 15 is 0 Å². The van der Waals surface area contributed by atoms with Crippen molar-refractivity contribution in [3.8, 4) is 67.6 Å². The highest BCUT2D eigenvalue weighted by Crippen LogP contribution is 2.67. The zero-order valence-corrected chi connectivity index (χ0v) is 24.2. The number of rotatable bonds is 2. The van der Waals surface area contributed by atoms with Crippen LogP contribution < -0.4 is 9.47 Å². The Morgan fingerprint density at radius 3 is 1.78 bits per heavy atom. The molecule has 2 aliphatic carbocycles. The van der Waals surface area contributed by atoms with Crippen LogP contribution in [-0.2, 0) is 5.41 Å². The lowest BCUT2D eigenvalue weighted by molar-refractivity contribution is 0.354. The predicted molar refractivity (Wildman–Crippen MR) is 178 cm³/mol. The van der Waals surface area contributed by atoms with Crippen LogP contribution in [0.15, 0.2) is 152 Å². The third-order valence-corrected chi connectivity index (χ3v) is 9.61. The second-order valence-corrected chi connectivity index (χ2v) is 11.9. The molecule has 1 aromatic heterocycles. The Hall–Kier alpha value is -5.93. The number of hydrogen-bond donors (Lipinski definition) is 0. The lowest BCUT2D eigenvalue weighted by Crippen LogP contribution is -2.27. The van der Waals surface area contributed by atoms with Crippen molar-refractivity contribution in [1.82, 2.24) is 4.98 Å². The third-order valence-electron chi connectivity index (χ3n) is 9.61. The quantitative estimate of drug-likeness (QED) is 0.205. The number of nitrogens with zero attached hydrogens (tertiary/aromatic N) is 1. The molecule has 0 amide bonds. The van der Waals surface area contributed by atoms with E-state index in [9.17, 15) is 0 Å². The van der Waals surface area contributed by atoms with Crippen molar-refractivity contribution < 1.29 is 9.47 Å². The summed E-state index contributed by atoms with van der Waals surface area (Å²) in [6, 6.07) is 51.3. The second-order valence-electron chi connectivity index (χ2n) is 11.9. The first kappa shape index (κ1) is 24.5. The molecule has 210 valence electrons. The zero-order chi connectivity index (χ0) is 29.5. The van der Waals surface area contributed by atoms with Crippen molar-refractivity contribution in [2.75, 3.05) is 0 Å². The number of hydrogen-bond acceptors (Lipinski definition) is 3. The van der Waals surface area contributed by atoms with Crippen LogP contribution in [0, 0.1) is 0 Å². The van der Waals surface area contributed by atoms with Crippen molar-refractivity contribution in [1.29, 1.82) is 0 Å². The molecular weight excluding hydrogens is 550 g/mol. The first-order valence-corrected chi connectivity index (χ1v) is 15.3. The highest BCUT2D eigenvalue weighted by Gasteiger charge is 2.54. The second kappa shape index (κ2) is 9.04. The van der Waals surface area contributed by atoms with Crippen LogP contribution >= 0.6 is 0 Å². The van der Waals surface area contributed by atoms with E-state index in [1.54, 1.807) is 0 Å². The monoisotopic (exact) mass is 575 g/mol. The minimum atomic E-state index is -0.577. The predicted octanol–water partition coefficient (Wildman–Crippen LogP) is 10.7. The van der Waals surface area contributed by atoms with E-state index in [0.717, 1.165) is 50.9 Å². The normalized spacial score (nSPS) is 13.9. The average Bonchev–Trinajstić information content (AvgIpc) is 3.58. The highest BCUT2D eigenvalue weighted by molar-refractivity contribution is 5.98. The standard InChI is InChI=1S/C42H25NO2/c1-2-10-26(11-3-1)36-22-19-28(25-43-36)27-18-20-31-32-21-23-39-41(45-38-17-9-8-16-37(38)44-39)40(32)42(35(31)24-27)33-14-6-4-12-29(33)30-13-5-7-15-34(30)42/h1-25H. The van der Waals surface area contributed by atoms with E-state index in [-0.39, 0.29) is 0 Å². The van der Waals surface area contributed by atoms with E-state index in [4.69, 9.17) is 14.5 Å². The molecule has 1 spiro atoms. The van der Waals surface area contributed by atoms with Crippen LogP contribution in [0.4, 0.5) is 0 Å². The van der Waals surface area contributed by atoms with Gasteiger partial charge >= 0.3 is 0 Å². The average molecular weight is 576 g/mol. The minimum absolute atomic E-state index is 0.577. The number of para-hydroxylation sites is 2. The summed E-state index contributed by atoms with van der Waals surface area (Å²) >= 11 is 0. The summed E-state index contributed by atoms with van der Waals surface area (Å²) < 4.78 is 13.3. The van der Waals surface area contributed by atoms with Crippen molar-refractivity contribution in [3.63, 3.8) is 0 Å². The molecule has 0 bridgehead atoms. The minimum Gasteiger partial charge on any atom is -0.450 e. The van der Waals surface area contributed by atoms with Gasteiger partial charge in [-0.15, -0.1) is 0 Å². The molecule has 3 heteroatoms. The summed E-state index contributed by atoms with van der Waals surface area (Å²) in [5.74, 6) is 2.98. The highest BCUT2D eigenvalue weighted by atomic mass is 16.6. The van der Waals surface area contributed by atoms with Gasteiger partial charge in [0.1, 0.15) is 0 Å². The molecule has 2 heterocycles. The number of ether oxygens (including phenoxy) is 2. The first-order valence-electron chi connectivity index (χ1n) is 15.3. The van der Waals surface area contributed by atoms with Gasteiger partial charge in [0.05, 0.1) is 11.1 Å². The molecule has 0 saturated carbocycles. The Bertz CT molecular complexity index is 2280. The van der Waals surface area contributed by atoms with E-state index in [1.165, 1.54) is 38.9 Å². The maximum absolute atomic E-state index is 6.80. The van der Waals surface area contributed by atoms with Gasteiger partial charge in [0.2, 0.25) is 0 Å². The molecule has 3 aliphatic rings. The van der Waals surface area contributed by atoms with Crippen LogP contribution in [0.1, 0.15) is 22.3 Å². The van der Waals surface area contributed by atoms with Crippen LogP contribution in [0.2, 0.25) is 0 Å². The summed E-state index contributed by atoms with van der Waals surface area (Å²) in [5.41, 5.74) is 13.5. The summed E-state index contributed by atoms with van der Waals surface area (Å²) in [7, 11) is 0. The summed E-state index contributed by atoms with van der Waals surface area (Å²) in [4.78, 5) is 4.86. The van der Waals surface area contributed by atoms with Crippen LogP contribution in [-0.4, -0.2) is 4.98 Å². The van der Waals surface area contributed by atoms with Gasteiger partial charge in [0.25, 0.3) is 0 Å². The van der Waals surface area contributed by atoms with Crippen molar-refractivity contribution >= 4 is 0 Å². The Labute approximate surface area is 261 Å². The molecule has 6 aromatic carbocycles. The fraction of sp³-hybridized carbons (Fsp3) is 0.0238. The van der Waals surface area contributed by atoms with Gasteiger partial charge in [0.15, 0.2) is 23.0 Å². The Morgan fingerprint density at radius 1 is 0.422 bits per heavy atom. The Morgan fingerprint density at radius 2 is 1.04 bits per heavy atom. The molecule has 1 aliphatic heterocycles. The molecule has 0 radical (unpaired) electrons. The van der Waals surface area contributed by atoms with E-state index in [0.29, 0.717) is 0 Å². The molecule has 10 rings (SSSR count). The molecule has 45 heavy (non-hydrogen) atoms. The van der Waals surface area contributed by atoms with Crippen molar-refractivity contribution in [3.05, 3.63) is 174 Å². The van der Waals surface area contributed by atoms with E-state index in [1.807, 2.05) is 48.7 Å². The van der Waals surface area contributed by atoms with Crippen LogP contribution in [0.25, 0.3) is 44.6 Å². The molecule has 0 N–H and O–H groups in total. The van der Waals surface area contributed by atoms with E-state index < -0.39 is 5.41 Å². The number of aromatic nitrogens is 1. The topological polar surface area (TPSA) is 31.4 Å². The number of benzene rings is 6. The molecule has 0 atom stereocenters.